The van der Waals surface area contributed by atoms with Crippen molar-refractivity contribution in [3.05, 3.63) is 77.1 Å². The second-order valence-electron chi connectivity index (χ2n) is 7.04. The molecule has 1 amide bonds. The summed E-state index contributed by atoms with van der Waals surface area (Å²) in [6, 6.07) is 13.5. The Hall–Kier alpha value is -3.22. The van der Waals surface area contributed by atoms with Crippen molar-refractivity contribution in [2.24, 2.45) is 0 Å². The number of nitrogens with zero attached hydrogens (tertiary/aromatic N) is 2. The smallest absolute Gasteiger partial charge is 0.272 e. The molecule has 0 bridgehead atoms. The van der Waals surface area contributed by atoms with E-state index < -0.39 is 11.6 Å². The molecule has 0 saturated carbocycles. The third kappa shape index (κ3) is 4.13. The lowest BCUT2D eigenvalue weighted by Crippen LogP contribution is -2.27. The molecule has 0 aliphatic heterocycles. The van der Waals surface area contributed by atoms with Gasteiger partial charge in [-0.3, -0.25) is 4.79 Å². The van der Waals surface area contributed by atoms with Crippen LogP contribution in [0.2, 0.25) is 0 Å². The summed E-state index contributed by atoms with van der Waals surface area (Å²) >= 11 is 0. The SMILES string of the molecule is O=C(NCCCNc1ccccc1)c1nn(-c2ccc(F)c(F)c2)c2c1CCC2. The van der Waals surface area contributed by atoms with Gasteiger partial charge in [0.2, 0.25) is 0 Å². The van der Waals surface area contributed by atoms with Gasteiger partial charge in [0.05, 0.1) is 5.69 Å². The van der Waals surface area contributed by atoms with Crippen molar-refractivity contribution in [1.82, 2.24) is 15.1 Å². The van der Waals surface area contributed by atoms with Gasteiger partial charge in [-0.15, -0.1) is 0 Å². The van der Waals surface area contributed by atoms with Crippen LogP contribution in [0, 0.1) is 11.6 Å². The number of hydrogen-bond acceptors (Lipinski definition) is 3. The lowest BCUT2D eigenvalue weighted by Gasteiger charge is -2.07. The summed E-state index contributed by atoms with van der Waals surface area (Å²) in [6.45, 7) is 1.26. The molecule has 3 aromatic rings. The highest BCUT2D eigenvalue weighted by atomic mass is 19.2. The van der Waals surface area contributed by atoms with Crippen molar-refractivity contribution in [1.29, 1.82) is 0 Å². The van der Waals surface area contributed by atoms with E-state index in [2.05, 4.69) is 15.7 Å². The van der Waals surface area contributed by atoms with E-state index in [-0.39, 0.29) is 5.91 Å². The number of nitrogens with one attached hydrogen (secondary N) is 2. The molecule has 1 aliphatic carbocycles. The highest BCUT2D eigenvalue weighted by Crippen LogP contribution is 2.28. The number of carbonyl (C=O) groups excluding carboxylic acids is 1. The standard InChI is InChI=1S/C22H22F2N4O/c23-18-11-10-16(14-19(18)24)28-20-9-4-8-17(20)21(27-28)22(29)26-13-5-12-25-15-6-2-1-3-7-15/h1-3,6-7,10-11,14,25H,4-5,8-9,12-13H2,(H,26,29). The van der Waals surface area contributed by atoms with Gasteiger partial charge in [0.1, 0.15) is 0 Å². The van der Waals surface area contributed by atoms with Gasteiger partial charge in [0.15, 0.2) is 17.3 Å². The minimum Gasteiger partial charge on any atom is -0.385 e. The second-order valence-corrected chi connectivity index (χ2v) is 7.04. The van der Waals surface area contributed by atoms with Crippen LogP contribution in [0.3, 0.4) is 0 Å². The molecule has 0 unspecified atom stereocenters. The number of fused-ring (bicyclic) bond motifs is 1. The Morgan fingerprint density at radius 2 is 1.86 bits per heavy atom. The number of amides is 1. The molecular formula is C22H22F2N4O. The first kappa shape index (κ1) is 19.1. The van der Waals surface area contributed by atoms with E-state index in [4.69, 9.17) is 0 Å². The third-order valence-electron chi connectivity index (χ3n) is 5.04. The van der Waals surface area contributed by atoms with Crippen molar-refractivity contribution >= 4 is 11.6 Å². The van der Waals surface area contributed by atoms with Crippen LogP contribution in [0.15, 0.2) is 48.5 Å². The van der Waals surface area contributed by atoms with Crippen LogP contribution in [-0.4, -0.2) is 28.8 Å². The quantitative estimate of drug-likeness (QED) is 0.596. The molecule has 29 heavy (non-hydrogen) atoms. The first-order valence-electron chi connectivity index (χ1n) is 9.77. The van der Waals surface area contributed by atoms with Crippen molar-refractivity contribution < 1.29 is 13.6 Å². The Morgan fingerprint density at radius 1 is 1.03 bits per heavy atom. The van der Waals surface area contributed by atoms with E-state index in [1.165, 1.54) is 6.07 Å². The average molecular weight is 396 g/mol. The van der Waals surface area contributed by atoms with Crippen LogP contribution in [0.25, 0.3) is 5.69 Å². The van der Waals surface area contributed by atoms with E-state index in [0.717, 1.165) is 61.3 Å². The zero-order chi connectivity index (χ0) is 20.2. The largest absolute Gasteiger partial charge is 0.385 e. The third-order valence-corrected chi connectivity index (χ3v) is 5.04. The second kappa shape index (κ2) is 8.43. The zero-order valence-electron chi connectivity index (χ0n) is 15.9. The Morgan fingerprint density at radius 3 is 2.66 bits per heavy atom. The number of rotatable bonds is 7. The molecule has 2 N–H and O–H groups in total. The van der Waals surface area contributed by atoms with E-state index in [9.17, 15) is 13.6 Å². The van der Waals surface area contributed by atoms with Gasteiger partial charge < -0.3 is 10.6 Å². The maximum Gasteiger partial charge on any atom is 0.272 e. The van der Waals surface area contributed by atoms with Crippen molar-refractivity contribution in [2.45, 2.75) is 25.7 Å². The molecule has 5 nitrogen and oxygen atoms in total. The Balaban J connectivity index is 1.40. The summed E-state index contributed by atoms with van der Waals surface area (Å²) in [4.78, 5) is 12.7. The van der Waals surface area contributed by atoms with Crippen LogP contribution < -0.4 is 10.6 Å². The maximum absolute atomic E-state index is 13.6. The van der Waals surface area contributed by atoms with Gasteiger partial charge >= 0.3 is 0 Å². The fourth-order valence-corrected chi connectivity index (χ4v) is 3.61. The van der Waals surface area contributed by atoms with Gasteiger partial charge in [-0.25, -0.2) is 13.5 Å². The van der Waals surface area contributed by atoms with Crippen LogP contribution in [-0.2, 0) is 12.8 Å². The summed E-state index contributed by atoms with van der Waals surface area (Å²) in [5.41, 5.74) is 3.63. The Bertz CT molecular complexity index is 1020. The molecule has 1 aromatic heterocycles. The molecule has 4 rings (SSSR count). The number of para-hydroxylation sites is 1. The van der Waals surface area contributed by atoms with Crippen molar-refractivity contribution in [2.75, 3.05) is 18.4 Å². The van der Waals surface area contributed by atoms with Gasteiger partial charge in [0.25, 0.3) is 5.91 Å². The molecular weight excluding hydrogens is 374 g/mol. The first-order valence-corrected chi connectivity index (χ1v) is 9.77. The Labute approximate surface area is 167 Å². The van der Waals surface area contributed by atoms with Crippen LogP contribution >= 0.6 is 0 Å². The molecule has 0 saturated heterocycles. The molecule has 7 heteroatoms. The summed E-state index contributed by atoms with van der Waals surface area (Å²) in [5, 5.41) is 10.6. The van der Waals surface area contributed by atoms with E-state index in [1.54, 1.807) is 4.68 Å². The number of benzene rings is 2. The van der Waals surface area contributed by atoms with Gasteiger partial charge in [-0.1, -0.05) is 18.2 Å². The number of halogens is 2. The molecule has 0 atom stereocenters. The highest BCUT2D eigenvalue weighted by molar-refractivity contribution is 5.94. The number of anilines is 1. The van der Waals surface area contributed by atoms with Gasteiger partial charge in [-0.05, 0) is 49.9 Å². The lowest BCUT2D eigenvalue weighted by molar-refractivity contribution is 0.0947. The number of aromatic nitrogens is 2. The fraction of sp³-hybridized carbons (Fsp3) is 0.273. The predicted octanol–water partition coefficient (Wildman–Crippen LogP) is 3.87. The first-order chi connectivity index (χ1) is 14.1. The molecule has 0 radical (unpaired) electrons. The van der Waals surface area contributed by atoms with E-state index in [1.807, 2.05) is 30.3 Å². The van der Waals surface area contributed by atoms with E-state index >= 15 is 0 Å². The van der Waals surface area contributed by atoms with Crippen LogP contribution in [0.1, 0.15) is 34.6 Å². The van der Waals surface area contributed by atoms with E-state index in [0.29, 0.717) is 17.9 Å². The summed E-state index contributed by atoms with van der Waals surface area (Å²) in [7, 11) is 0. The fourth-order valence-electron chi connectivity index (χ4n) is 3.61. The average Bonchev–Trinajstić information content (AvgIpc) is 3.33. The van der Waals surface area contributed by atoms with Crippen molar-refractivity contribution in [3.8, 4) is 5.69 Å². The minimum absolute atomic E-state index is 0.232. The van der Waals surface area contributed by atoms with Crippen LogP contribution in [0.4, 0.5) is 14.5 Å². The highest BCUT2D eigenvalue weighted by Gasteiger charge is 2.27. The lowest BCUT2D eigenvalue weighted by atomic mass is 10.2. The molecule has 2 aromatic carbocycles. The summed E-state index contributed by atoms with van der Waals surface area (Å²) in [6.07, 6.45) is 3.21. The maximum atomic E-state index is 13.6. The number of hydrogen-bond donors (Lipinski definition) is 2. The minimum atomic E-state index is -0.929. The molecule has 150 valence electrons. The molecule has 1 heterocycles. The molecule has 0 spiro atoms. The van der Waals surface area contributed by atoms with Crippen LogP contribution in [0.5, 0.6) is 0 Å². The molecule has 0 fully saturated rings. The van der Waals surface area contributed by atoms with Gasteiger partial charge in [-0.2, -0.15) is 5.10 Å². The zero-order valence-corrected chi connectivity index (χ0v) is 15.9. The normalized spacial score (nSPS) is 12.6. The monoisotopic (exact) mass is 396 g/mol. The topological polar surface area (TPSA) is 59.0 Å². The van der Waals surface area contributed by atoms with Gasteiger partial charge in [0, 0.05) is 36.1 Å². The number of carbonyl (C=O) groups is 1. The molecule has 1 aliphatic rings. The summed E-state index contributed by atoms with van der Waals surface area (Å²) in [5.74, 6) is -2.06. The summed E-state index contributed by atoms with van der Waals surface area (Å²) < 4.78 is 28.5. The Kier molecular flexibility index (Phi) is 5.55. The van der Waals surface area contributed by atoms with Crippen molar-refractivity contribution in [3.63, 3.8) is 0 Å². The predicted molar refractivity (Wildman–Crippen MR) is 107 cm³/mol.